The summed E-state index contributed by atoms with van der Waals surface area (Å²) < 4.78 is 19.0. The van der Waals surface area contributed by atoms with E-state index in [4.69, 9.17) is 27.9 Å². The Hall–Kier alpha value is -2.48. The van der Waals surface area contributed by atoms with Gasteiger partial charge in [-0.25, -0.2) is 14.2 Å². The Morgan fingerprint density at radius 1 is 1.20 bits per heavy atom. The number of carbonyl (C=O) groups excluding carboxylic acids is 2. The molecule has 0 atom stereocenters. The molecular weight excluding hydrogens is 450 g/mol. The number of hydrogen-bond acceptors (Lipinski definition) is 5. The number of halogens is 3. The minimum atomic E-state index is -0.856. The van der Waals surface area contributed by atoms with Gasteiger partial charge < -0.3 is 4.74 Å². The third-order valence-electron chi connectivity index (χ3n) is 4.17. The van der Waals surface area contributed by atoms with E-state index >= 15 is 0 Å². The molecule has 0 spiro atoms. The number of amides is 1. The average molecular weight is 467 g/mol. The van der Waals surface area contributed by atoms with E-state index in [2.05, 4.69) is 4.98 Å². The van der Waals surface area contributed by atoms with Crippen LogP contribution in [0.2, 0.25) is 10.0 Å². The van der Waals surface area contributed by atoms with Gasteiger partial charge in [0.25, 0.3) is 0 Å². The molecule has 0 aliphatic carbocycles. The van der Waals surface area contributed by atoms with Gasteiger partial charge in [-0.2, -0.15) is 0 Å². The largest absolute Gasteiger partial charge is 0.455 e. The number of aryl methyl sites for hydroxylation is 2. The van der Waals surface area contributed by atoms with E-state index in [0.29, 0.717) is 21.5 Å². The van der Waals surface area contributed by atoms with Gasteiger partial charge in [-0.1, -0.05) is 29.3 Å². The zero-order valence-electron chi connectivity index (χ0n) is 16.3. The number of esters is 1. The van der Waals surface area contributed by atoms with Crippen molar-refractivity contribution in [2.24, 2.45) is 0 Å². The van der Waals surface area contributed by atoms with Gasteiger partial charge in [-0.15, -0.1) is 11.3 Å². The van der Waals surface area contributed by atoms with Crippen molar-refractivity contribution in [2.75, 3.05) is 4.90 Å². The maximum absolute atomic E-state index is 13.8. The Balaban J connectivity index is 1.81. The van der Waals surface area contributed by atoms with E-state index in [1.165, 1.54) is 35.3 Å². The minimum absolute atomic E-state index is 0.187. The molecule has 0 N–H and O–H groups in total. The Morgan fingerprint density at radius 2 is 1.93 bits per heavy atom. The number of anilines is 2. The van der Waals surface area contributed by atoms with Crippen molar-refractivity contribution in [1.29, 1.82) is 0 Å². The average Bonchev–Trinajstić information content (AvgIpc) is 3.12. The topological polar surface area (TPSA) is 59.5 Å². The first kappa shape index (κ1) is 22.2. The summed E-state index contributed by atoms with van der Waals surface area (Å²) in [7, 11) is 0. The molecule has 3 rings (SSSR count). The van der Waals surface area contributed by atoms with Gasteiger partial charge in [0.1, 0.15) is 12.4 Å². The fraction of sp³-hybridized carbons (Fsp3) is 0.190. The van der Waals surface area contributed by atoms with Crippen molar-refractivity contribution in [3.63, 3.8) is 0 Å². The molecule has 1 aromatic heterocycles. The predicted molar refractivity (Wildman–Crippen MR) is 116 cm³/mol. The molecule has 1 heterocycles. The zero-order chi connectivity index (χ0) is 22.0. The van der Waals surface area contributed by atoms with E-state index in [9.17, 15) is 14.0 Å². The first-order valence-electron chi connectivity index (χ1n) is 8.81. The first-order valence-corrected chi connectivity index (χ1v) is 10.4. The molecule has 0 bridgehead atoms. The molecular formula is C21H17Cl2FN2O3S. The number of aromatic nitrogens is 1. The Labute approximate surface area is 187 Å². The van der Waals surface area contributed by atoms with Crippen LogP contribution in [0.15, 0.2) is 35.7 Å². The molecule has 0 aliphatic rings. The van der Waals surface area contributed by atoms with Crippen LogP contribution in [0.1, 0.15) is 34.1 Å². The van der Waals surface area contributed by atoms with Gasteiger partial charge in [0, 0.05) is 17.3 Å². The molecule has 0 saturated heterocycles. The predicted octanol–water partition coefficient (Wildman–Crippen LogP) is 6.25. The fourth-order valence-electron chi connectivity index (χ4n) is 2.92. The Morgan fingerprint density at radius 3 is 2.60 bits per heavy atom. The van der Waals surface area contributed by atoms with Crippen LogP contribution in [0.3, 0.4) is 0 Å². The molecule has 5 nitrogen and oxygen atoms in total. The third kappa shape index (κ3) is 4.80. The molecule has 0 radical (unpaired) electrons. The van der Waals surface area contributed by atoms with E-state index in [-0.39, 0.29) is 23.1 Å². The summed E-state index contributed by atoms with van der Waals surface area (Å²) in [5.41, 5.74) is 2.51. The second kappa shape index (κ2) is 9.12. The van der Waals surface area contributed by atoms with Crippen molar-refractivity contribution in [1.82, 2.24) is 4.98 Å². The quantitative estimate of drug-likeness (QED) is 0.417. The molecule has 30 heavy (non-hydrogen) atoms. The highest BCUT2D eigenvalue weighted by Crippen LogP contribution is 2.37. The summed E-state index contributed by atoms with van der Waals surface area (Å²) >= 11 is 13.4. The number of rotatable bonds is 5. The standard InChI is InChI=1S/C21H17Cl2FN2O3S/c1-11-6-12(2)19(17(23)7-11)26(13(3)27)21-25-15(10-30-21)9-29-20(28)16-8-14(22)4-5-18(16)24/h4-8,10H,9H2,1-3H3. The van der Waals surface area contributed by atoms with Crippen molar-refractivity contribution < 1.29 is 18.7 Å². The molecule has 3 aromatic rings. The van der Waals surface area contributed by atoms with E-state index < -0.39 is 11.8 Å². The highest BCUT2D eigenvalue weighted by Gasteiger charge is 2.23. The molecule has 156 valence electrons. The van der Waals surface area contributed by atoms with Crippen LogP contribution in [-0.2, 0) is 16.1 Å². The summed E-state index contributed by atoms with van der Waals surface area (Å²) in [5, 5.41) is 2.70. The maximum atomic E-state index is 13.8. The van der Waals surface area contributed by atoms with E-state index in [0.717, 1.165) is 17.2 Å². The SMILES string of the molecule is CC(=O)N(c1nc(COC(=O)c2cc(Cl)ccc2F)cs1)c1c(C)cc(C)cc1Cl. The van der Waals surface area contributed by atoms with Crippen molar-refractivity contribution in [3.05, 3.63) is 74.0 Å². The molecule has 0 unspecified atom stereocenters. The van der Waals surface area contributed by atoms with Crippen LogP contribution >= 0.6 is 34.5 Å². The monoisotopic (exact) mass is 466 g/mol. The zero-order valence-corrected chi connectivity index (χ0v) is 18.7. The Kier molecular flexibility index (Phi) is 6.75. The summed E-state index contributed by atoms with van der Waals surface area (Å²) in [6.07, 6.45) is 0. The van der Waals surface area contributed by atoms with Crippen molar-refractivity contribution >= 4 is 57.2 Å². The summed E-state index contributed by atoms with van der Waals surface area (Å²) in [5.74, 6) is -1.84. The number of hydrogen-bond donors (Lipinski definition) is 0. The number of thiazole rings is 1. The van der Waals surface area contributed by atoms with Crippen LogP contribution < -0.4 is 4.90 Å². The lowest BCUT2D eigenvalue weighted by molar-refractivity contribution is -0.115. The summed E-state index contributed by atoms with van der Waals surface area (Å²) in [6, 6.07) is 7.33. The highest BCUT2D eigenvalue weighted by atomic mass is 35.5. The van der Waals surface area contributed by atoms with Crippen LogP contribution in [0.5, 0.6) is 0 Å². The lowest BCUT2D eigenvalue weighted by Crippen LogP contribution is -2.24. The normalized spacial score (nSPS) is 10.7. The smallest absolute Gasteiger partial charge is 0.341 e. The summed E-state index contributed by atoms with van der Waals surface area (Å²) in [6.45, 7) is 5.01. The molecule has 1 amide bonds. The van der Waals surface area contributed by atoms with Gasteiger partial charge in [-0.05, 0) is 49.2 Å². The van der Waals surface area contributed by atoms with Crippen LogP contribution in [0, 0.1) is 19.7 Å². The highest BCUT2D eigenvalue weighted by molar-refractivity contribution is 7.14. The lowest BCUT2D eigenvalue weighted by Gasteiger charge is -2.22. The second-order valence-corrected chi connectivity index (χ2v) is 8.27. The molecule has 0 fully saturated rings. The maximum Gasteiger partial charge on any atom is 0.341 e. The van der Waals surface area contributed by atoms with Crippen molar-refractivity contribution in [2.45, 2.75) is 27.4 Å². The van der Waals surface area contributed by atoms with Crippen molar-refractivity contribution in [3.8, 4) is 0 Å². The van der Waals surface area contributed by atoms with Gasteiger partial charge in [0.15, 0.2) is 5.13 Å². The third-order valence-corrected chi connectivity index (χ3v) is 5.57. The molecule has 0 aliphatic heterocycles. The van der Waals surface area contributed by atoms with Gasteiger partial charge in [0.05, 0.1) is 22.0 Å². The number of ether oxygens (including phenoxy) is 1. The van der Waals surface area contributed by atoms with Gasteiger partial charge >= 0.3 is 5.97 Å². The number of carbonyl (C=O) groups is 2. The van der Waals surface area contributed by atoms with Crippen LogP contribution in [0.25, 0.3) is 0 Å². The molecule has 0 saturated carbocycles. The van der Waals surface area contributed by atoms with Gasteiger partial charge in [-0.3, -0.25) is 9.69 Å². The second-order valence-electron chi connectivity index (χ2n) is 6.59. The Bertz CT molecular complexity index is 1110. The number of benzene rings is 2. The van der Waals surface area contributed by atoms with E-state index in [1.807, 2.05) is 19.9 Å². The molecule has 2 aromatic carbocycles. The van der Waals surface area contributed by atoms with Gasteiger partial charge in [0.2, 0.25) is 5.91 Å². The van der Waals surface area contributed by atoms with Crippen LogP contribution in [0.4, 0.5) is 15.2 Å². The lowest BCUT2D eigenvalue weighted by atomic mass is 10.1. The summed E-state index contributed by atoms with van der Waals surface area (Å²) in [4.78, 5) is 30.3. The first-order chi connectivity index (χ1) is 14.2. The van der Waals surface area contributed by atoms with Crippen LogP contribution in [-0.4, -0.2) is 16.9 Å². The fourth-order valence-corrected chi connectivity index (χ4v) is 4.35. The minimum Gasteiger partial charge on any atom is -0.455 e. The number of nitrogens with zero attached hydrogens (tertiary/aromatic N) is 2. The van der Waals surface area contributed by atoms with E-state index in [1.54, 1.807) is 11.4 Å². The molecule has 9 heteroatoms.